The van der Waals surface area contributed by atoms with E-state index in [0.29, 0.717) is 0 Å². The number of nitrogens with zero attached hydrogens (tertiary/aromatic N) is 5. The molecule has 0 aliphatic rings. The first-order valence-corrected chi connectivity index (χ1v) is 10.4. The highest BCUT2D eigenvalue weighted by Gasteiger charge is 2.31. The molecule has 0 radical (unpaired) electrons. The molecule has 0 bridgehead atoms. The molecule has 0 atom stereocenters. The highest BCUT2D eigenvalue weighted by molar-refractivity contribution is 7.98. The number of rotatable bonds is 6. The first-order chi connectivity index (χ1) is 12.4. The van der Waals surface area contributed by atoms with Gasteiger partial charge < -0.3 is 5.73 Å². The van der Waals surface area contributed by atoms with Crippen molar-refractivity contribution in [3.63, 3.8) is 0 Å². The maximum atomic E-state index is 12.9. The standard InChI is InChI=1S/C13H13N7O3S3/c1-20-13(17-18-19-20)26(22,23)10-9(15-12(25-10)16-11(14)21)7-24-8-5-3-2-4-6-8/h2-6H,7H2,1H3,(H3,14,15,16,21). The molecule has 3 N–H and O–H groups in total. The first-order valence-electron chi connectivity index (χ1n) is 7.09. The number of hydrogen-bond acceptors (Lipinski definition) is 9. The Morgan fingerprint density at radius 3 is 2.69 bits per heavy atom. The topological polar surface area (TPSA) is 146 Å². The first kappa shape index (κ1) is 18.3. The van der Waals surface area contributed by atoms with Crippen LogP contribution in [0.1, 0.15) is 5.69 Å². The number of anilines is 1. The molecule has 0 unspecified atom stereocenters. The molecule has 26 heavy (non-hydrogen) atoms. The summed E-state index contributed by atoms with van der Waals surface area (Å²) in [6.07, 6.45) is 0. The van der Waals surface area contributed by atoms with Gasteiger partial charge in [0.1, 0.15) is 0 Å². The zero-order chi connectivity index (χ0) is 18.7. The summed E-state index contributed by atoms with van der Waals surface area (Å²) in [7, 11) is -2.57. The predicted molar refractivity (Wildman–Crippen MR) is 95.6 cm³/mol. The van der Waals surface area contributed by atoms with Crippen molar-refractivity contribution < 1.29 is 13.2 Å². The van der Waals surface area contributed by atoms with Crippen LogP contribution < -0.4 is 11.1 Å². The molecule has 1 aromatic carbocycles. The van der Waals surface area contributed by atoms with E-state index in [2.05, 4.69) is 25.8 Å². The maximum Gasteiger partial charge on any atom is 0.318 e. The summed E-state index contributed by atoms with van der Waals surface area (Å²) in [5.41, 5.74) is 5.39. The number of amides is 2. The van der Waals surface area contributed by atoms with E-state index < -0.39 is 15.9 Å². The Balaban J connectivity index is 1.98. The van der Waals surface area contributed by atoms with Gasteiger partial charge >= 0.3 is 6.03 Å². The summed E-state index contributed by atoms with van der Waals surface area (Å²) in [6.45, 7) is 0. The molecular weight excluding hydrogens is 398 g/mol. The fourth-order valence-corrected chi connectivity index (χ4v) is 5.78. The SMILES string of the molecule is Cn1nnnc1S(=O)(=O)c1sc(NC(N)=O)nc1CSc1ccccc1. The van der Waals surface area contributed by atoms with Crippen LogP contribution in [-0.4, -0.2) is 39.6 Å². The molecule has 3 aromatic rings. The van der Waals surface area contributed by atoms with Gasteiger partial charge in [-0.3, -0.25) is 5.32 Å². The van der Waals surface area contributed by atoms with E-state index in [1.807, 2.05) is 30.3 Å². The highest BCUT2D eigenvalue weighted by atomic mass is 32.2. The Morgan fingerprint density at radius 1 is 1.35 bits per heavy atom. The van der Waals surface area contributed by atoms with Gasteiger partial charge in [0, 0.05) is 17.7 Å². The molecule has 136 valence electrons. The minimum absolute atomic E-state index is 0.0393. The van der Waals surface area contributed by atoms with Gasteiger partial charge in [0.25, 0.3) is 15.0 Å². The van der Waals surface area contributed by atoms with Crippen LogP contribution in [-0.2, 0) is 22.6 Å². The number of benzene rings is 1. The smallest absolute Gasteiger partial charge is 0.318 e. The van der Waals surface area contributed by atoms with Gasteiger partial charge in [0.15, 0.2) is 9.34 Å². The summed E-state index contributed by atoms with van der Waals surface area (Å²) in [4.78, 5) is 16.2. The van der Waals surface area contributed by atoms with Crippen LogP contribution in [0.4, 0.5) is 9.93 Å². The second kappa shape index (κ2) is 7.39. The molecular formula is C13H13N7O3S3. The van der Waals surface area contributed by atoms with Gasteiger partial charge in [0.2, 0.25) is 0 Å². The number of nitrogens with two attached hydrogens (primary N) is 1. The number of tetrazole rings is 1. The fourth-order valence-electron chi connectivity index (χ4n) is 2.00. The lowest BCUT2D eigenvalue weighted by molar-refractivity contribution is 0.259. The van der Waals surface area contributed by atoms with E-state index >= 15 is 0 Å². The molecule has 13 heteroatoms. The van der Waals surface area contributed by atoms with Crippen molar-refractivity contribution in [3.05, 3.63) is 36.0 Å². The quantitative estimate of drug-likeness (QED) is 0.577. The fraction of sp³-hybridized carbons (Fsp3) is 0.154. The Labute approximate surface area is 156 Å². The number of urea groups is 1. The van der Waals surface area contributed by atoms with Crippen molar-refractivity contribution in [2.75, 3.05) is 5.32 Å². The summed E-state index contributed by atoms with van der Waals surface area (Å²) < 4.78 is 26.8. The Kier molecular flexibility index (Phi) is 5.20. The Bertz CT molecular complexity index is 1030. The van der Waals surface area contributed by atoms with Gasteiger partial charge in [0.05, 0.1) is 5.69 Å². The van der Waals surface area contributed by atoms with Gasteiger partial charge in [-0.05, 0) is 22.6 Å². The second-order valence-corrected chi connectivity index (χ2v) is 9.02. The molecule has 0 saturated carbocycles. The minimum Gasteiger partial charge on any atom is -0.351 e. The third kappa shape index (κ3) is 3.84. The zero-order valence-corrected chi connectivity index (χ0v) is 15.8. The summed E-state index contributed by atoms with van der Waals surface area (Å²) in [6, 6.07) is 8.63. The largest absolute Gasteiger partial charge is 0.351 e. The third-order valence-electron chi connectivity index (χ3n) is 3.08. The van der Waals surface area contributed by atoms with Crippen molar-refractivity contribution in [1.82, 2.24) is 25.2 Å². The molecule has 0 saturated heterocycles. The predicted octanol–water partition coefficient (Wildman–Crippen LogP) is 1.28. The van der Waals surface area contributed by atoms with Crippen molar-refractivity contribution in [1.29, 1.82) is 0 Å². The molecule has 2 aromatic heterocycles. The number of primary amides is 1. The van der Waals surface area contributed by atoms with Crippen molar-refractivity contribution >= 4 is 44.1 Å². The lowest BCUT2D eigenvalue weighted by atomic mass is 10.4. The van der Waals surface area contributed by atoms with Crippen LogP contribution in [0.3, 0.4) is 0 Å². The van der Waals surface area contributed by atoms with E-state index in [1.54, 1.807) is 0 Å². The number of carbonyl (C=O) groups is 1. The number of hydrogen-bond donors (Lipinski definition) is 2. The van der Waals surface area contributed by atoms with Crippen LogP contribution in [0.15, 0.2) is 44.6 Å². The van der Waals surface area contributed by atoms with E-state index in [4.69, 9.17) is 5.73 Å². The van der Waals surface area contributed by atoms with Crippen LogP contribution in [0.25, 0.3) is 0 Å². The number of thiazole rings is 1. The second-order valence-electron chi connectivity index (χ2n) is 4.93. The number of thioether (sulfide) groups is 1. The van der Waals surface area contributed by atoms with E-state index in [-0.39, 0.29) is 25.9 Å². The molecule has 10 nitrogen and oxygen atoms in total. The van der Waals surface area contributed by atoms with Crippen LogP contribution in [0.5, 0.6) is 0 Å². The van der Waals surface area contributed by atoms with Crippen molar-refractivity contribution in [3.8, 4) is 0 Å². The lowest BCUT2D eigenvalue weighted by Gasteiger charge is -2.03. The highest BCUT2D eigenvalue weighted by Crippen LogP contribution is 2.34. The Hall–Kier alpha value is -2.51. The van der Waals surface area contributed by atoms with E-state index in [0.717, 1.165) is 20.9 Å². The van der Waals surface area contributed by atoms with Crippen LogP contribution >= 0.6 is 23.1 Å². The number of aromatic nitrogens is 5. The average Bonchev–Trinajstić information content (AvgIpc) is 3.20. The maximum absolute atomic E-state index is 12.9. The molecule has 0 aliphatic carbocycles. The number of aryl methyl sites for hydroxylation is 1. The zero-order valence-electron chi connectivity index (χ0n) is 13.4. The average molecular weight is 411 g/mol. The number of nitrogens with one attached hydrogen (secondary N) is 1. The molecule has 0 aliphatic heterocycles. The summed E-state index contributed by atoms with van der Waals surface area (Å²) >= 11 is 2.22. The van der Waals surface area contributed by atoms with Crippen LogP contribution in [0, 0.1) is 0 Å². The van der Waals surface area contributed by atoms with Gasteiger partial charge in [-0.25, -0.2) is 22.9 Å². The molecule has 0 spiro atoms. The molecule has 3 rings (SSSR count). The van der Waals surface area contributed by atoms with Crippen molar-refractivity contribution in [2.24, 2.45) is 12.8 Å². The monoisotopic (exact) mass is 411 g/mol. The minimum atomic E-state index is -4.00. The molecule has 2 amide bonds. The molecule has 2 heterocycles. The summed E-state index contributed by atoms with van der Waals surface area (Å²) in [5, 5.41) is 12.6. The Morgan fingerprint density at radius 2 is 2.08 bits per heavy atom. The molecule has 0 fully saturated rings. The van der Waals surface area contributed by atoms with E-state index in [9.17, 15) is 13.2 Å². The van der Waals surface area contributed by atoms with Crippen molar-refractivity contribution in [2.45, 2.75) is 20.0 Å². The lowest BCUT2D eigenvalue weighted by Crippen LogP contribution is -2.19. The van der Waals surface area contributed by atoms with Crippen LogP contribution in [0.2, 0.25) is 0 Å². The number of sulfone groups is 1. The van der Waals surface area contributed by atoms with Gasteiger partial charge in [-0.2, -0.15) is 0 Å². The van der Waals surface area contributed by atoms with Gasteiger partial charge in [-0.1, -0.05) is 34.6 Å². The normalized spacial score (nSPS) is 11.4. The third-order valence-corrected chi connectivity index (χ3v) is 7.37. The van der Waals surface area contributed by atoms with E-state index in [1.165, 1.54) is 18.8 Å². The number of carbonyl (C=O) groups excluding carboxylic acids is 1. The summed E-state index contributed by atoms with van der Waals surface area (Å²) in [5.74, 6) is 0.279. The van der Waals surface area contributed by atoms with Gasteiger partial charge in [-0.15, -0.1) is 11.8 Å².